The molecule has 0 aliphatic heterocycles. The minimum atomic E-state index is 0.782. The molecule has 1 aliphatic carbocycles. The zero-order valence-corrected chi connectivity index (χ0v) is 14.3. The molecular weight excluding hydrogens is 230 g/mol. The Morgan fingerprint density at radius 2 is 1.42 bits per heavy atom. The van der Waals surface area contributed by atoms with E-state index in [2.05, 4.69) is 34.6 Å². The van der Waals surface area contributed by atoms with Crippen molar-refractivity contribution in [2.45, 2.75) is 111 Å². The van der Waals surface area contributed by atoms with E-state index in [1.54, 1.807) is 0 Å². The number of hydrogen-bond acceptors (Lipinski definition) is 0. The molecule has 0 spiro atoms. The Kier molecular flexibility index (Phi) is 7.42. The molecule has 1 heteroatoms. The topological polar surface area (TPSA) is 0 Å². The highest BCUT2D eigenvalue weighted by molar-refractivity contribution is 4.71. The number of nitrogens with zero attached hydrogens (tertiary/aromatic N) is 1. The number of unbranched alkanes of at least 4 members (excludes halogenated alkanes) is 3. The van der Waals surface area contributed by atoms with E-state index >= 15 is 0 Å². The van der Waals surface area contributed by atoms with Crippen LogP contribution in [0.4, 0.5) is 0 Å². The molecule has 0 bridgehead atoms. The van der Waals surface area contributed by atoms with E-state index in [4.69, 9.17) is 0 Å². The summed E-state index contributed by atoms with van der Waals surface area (Å²) in [5.74, 6) is 0. The lowest BCUT2D eigenvalue weighted by atomic mass is 9.88. The van der Waals surface area contributed by atoms with Crippen LogP contribution < -0.4 is 0 Å². The lowest BCUT2D eigenvalue weighted by molar-refractivity contribution is -0.989. The third-order valence-corrected chi connectivity index (χ3v) is 5.58. The Bertz CT molecular complexity index is 218. The minimum absolute atomic E-state index is 0.782. The highest BCUT2D eigenvalue weighted by Crippen LogP contribution is 2.34. The molecule has 0 atom stereocenters. The predicted molar refractivity (Wildman–Crippen MR) is 86.4 cm³/mol. The van der Waals surface area contributed by atoms with Crippen LogP contribution in [0.1, 0.15) is 92.4 Å². The van der Waals surface area contributed by atoms with Crippen LogP contribution in [0.2, 0.25) is 0 Å². The third-order valence-electron chi connectivity index (χ3n) is 5.58. The Morgan fingerprint density at radius 1 is 0.842 bits per heavy atom. The van der Waals surface area contributed by atoms with E-state index in [9.17, 15) is 0 Å². The largest absolute Gasteiger partial charge is 0.317 e. The molecule has 0 aromatic rings. The fourth-order valence-electron chi connectivity index (χ4n) is 4.51. The van der Waals surface area contributed by atoms with Crippen LogP contribution in [0.3, 0.4) is 0 Å². The van der Waals surface area contributed by atoms with E-state index in [0.29, 0.717) is 0 Å². The average Bonchev–Trinajstić information content (AvgIpc) is 2.39. The fourth-order valence-corrected chi connectivity index (χ4v) is 4.51. The molecule has 1 nitrogen and oxygen atoms in total. The summed E-state index contributed by atoms with van der Waals surface area (Å²) in [7, 11) is 0. The van der Waals surface area contributed by atoms with Crippen LogP contribution in [-0.4, -0.2) is 29.2 Å². The van der Waals surface area contributed by atoms with Gasteiger partial charge in [0.15, 0.2) is 0 Å². The molecule has 1 rings (SSSR count). The highest BCUT2D eigenvalue weighted by Gasteiger charge is 2.42. The van der Waals surface area contributed by atoms with Crippen LogP contribution in [0.15, 0.2) is 0 Å². The van der Waals surface area contributed by atoms with Gasteiger partial charge < -0.3 is 4.48 Å². The summed E-state index contributed by atoms with van der Waals surface area (Å²) in [5, 5.41) is 0. The van der Waals surface area contributed by atoms with Crippen LogP contribution in [-0.2, 0) is 0 Å². The fraction of sp³-hybridized carbons (Fsp3) is 1.00. The summed E-state index contributed by atoms with van der Waals surface area (Å²) in [5.41, 5.74) is 0. The molecule has 0 aromatic carbocycles. The zero-order chi connectivity index (χ0) is 14.3. The molecule has 0 N–H and O–H groups in total. The van der Waals surface area contributed by atoms with Gasteiger partial charge in [0.1, 0.15) is 0 Å². The van der Waals surface area contributed by atoms with E-state index in [1.807, 2.05) is 0 Å². The third kappa shape index (κ3) is 4.21. The minimum Gasteiger partial charge on any atom is -0.317 e. The second-order valence-corrected chi connectivity index (χ2v) is 7.26. The van der Waals surface area contributed by atoms with Crippen molar-refractivity contribution in [3.8, 4) is 0 Å². The average molecular weight is 269 g/mol. The zero-order valence-electron chi connectivity index (χ0n) is 14.3. The van der Waals surface area contributed by atoms with Crippen molar-refractivity contribution >= 4 is 0 Å². The van der Waals surface area contributed by atoms with Gasteiger partial charge in [-0.3, -0.25) is 0 Å². The van der Waals surface area contributed by atoms with Crippen molar-refractivity contribution in [1.82, 2.24) is 0 Å². The van der Waals surface area contributed by atoms with Crippen molar-refractivity contribution < 1.29 is 4.48 Å². The van der Waals surface area contributed by atoms with Gasteiger partial charge in [0.25, 0.3) is 0 Å². The smallest absolute Gasteiger partial charge is 0.0894 e. The summed E-state index contributed by atoms with van der Waals surface area (Å²) < 4.78 is 1.39. The SMILES string of the molecule is CCCCCC[N+](C(C)C)(C(C)C)C1CCCCC1. The maximum Gasteiger partial charge on any atom is 0.0894 e. The molecule has 0 aromatic heterocycles. The van der Waals surface area contributed by atoms with Crippen LogP contribution in [0, 0.1) is 0 Å². The molecule has 1 saturated carbocycles. The maximum atomic E-state index is 2.47. The molecule has 1 aliphatic rings. The lowest BCUT2D eigenvalue weighted by Crippen LogP contribution is -2.64. The molecule has 0 radical (unpaired) electrons. The van der Waals surface area contributed by atoms with Crippen molar-refractivity contribution in [1.29, 1.82) is 0 Å². The van der Waals surface area contributed by atoms with Gasteiger partial charge in [0.05, 0.1) is 24.7 Å². The van der Waals surface area contributed by atoms with E-state index < -0.39 is 0 Å². The first kappa shape index (κ1) is 17.0. The van der Waals surface area contributed by atoms with Gasteiger partial charge in [0.2, 0.25) is 0 Å². The quantitative estimate of drug-likeness (QED) is 0.401. The molecule has 0 amide bonds. The Balaban J connectivity index is 2.74. The second-order valence-electron chi connectivity index (χ2n) is 7.26. The first-order valence-corrected chi connectivity index (χ1v) is 8.92. The van der Waals surface area contributed by atoms with E-state index in [1.165, 1.54) is 68.8 Å². The monoisotopic (exact) mass is 268 g/mol. The molecule has 114 valence electrons. The van der Waals surface area contributed by atoms with E-state index in [0.717, 1.165) is 18.1 Å². The Morgan fingerprint density at radius 3 is 1.89 bits per heavy atom. The summed E-state index contributed by atoms with van der Waals surface area (Å²) >= 11 is 0. The van der Waals surface area contributed by atoms with Crippen molar-refractivity contribution in [2.75, 3.05) is 6.54 Å². The van der Waals surface area contributed by atoms with Gasteiger partial charge in [-0.1, -0.05) is 26.2 Å². The first-order valence-electron chi connectivity index (χ1n) is 8.92. The summed E-state index contributed by atoms with van der Waals surface area (Å²) in [6.07, 6.45) is 13.0. The van der Waals surface area contributed by atoms with E-state index in [-0.39, 0.29) is 0 Å². The molecule has 0 unspecified atom stereocenters. The van der Waals surface area contributed by atoms with Gasteiger partial charge in [-0.15, -0.1) is 0 Å². The summed E-state index contributed by atoms with van der Waals surface area (Å²) in [6, 6.07) is 2.50. The number of hydrogen-bond donors (Lipinski definition) is 0. The molecule has 1 fully saturated rings. The van der Waals surface area contributed by atoms with Gasteiger partial charge in [-0.05, 0) is 66.2 Å². The van der Waals surface area contributed by atoms with Crippen molar-refractivity contribution in [3.05, 3.63) is 0 Å². The lowest BCUT2D eigenvalue weighted by Gasteiger charge is -2.53. The highest BCUT2D eigenvalue weighted by atomic mass is 15.4. The Hall–Kier alpha value is -0.0400. The number of quaternary nitrogens is 1. The molecule has 0 heterocycles. The maximum absolute atomic E-state index is 2.47. The van der Waals surface area contributed by atoms with Gasteiger partial charge in [-0.25, -0.2) is 0 Å². The van der Waals surface area contributed by atoms with Gasteiger partial charge in [-0.2, -0.15) is 0 Å². The molecule has 0 saturated heterocycles. The molecular formula is C18H38N+. The van der Waals surface area contributed by atoms with Crippen LogP contribution in [0.5, 0.6) is 0 Å². The van der Waals surface area contributed by atoms with Crippen LogP contribution in [0.25, 0.3) is 0 Å². The van der Waals surface area contributed by atoms with Crippen molar-refractivity contribution in [2.24, 2.45) is 0 Å². The Labute approximate surface area is 122 Å². The molecule has 19 heavy (non-hydrogen) atoms. The van der Waals surface area contributed by atoms with Crippen LogP contribution >= 0.6 is 0 Å². The summed E-state index contributed by atoms with van der Waals surface area (Å²) in [6.45, 7) is 13.6. The second kappa shape index (κ2) is 8.29. The van der Waals surface area contributed by atoms with Gasteiger partial charge >= 0.3 is 0 Å². The van der Waals surface area contributed by atoms with Gasteiger partial charge in [0, 0.05) is 0 Å². The predicted octanol–water partition coefficient (Wildman–Crippen LogP) is 5.53. The standard InChI is InChI=1S/C18H38N/c1-6-7-8-12-15-19(16(2)3,17(4)5)18-13-10-9-11-14-18/h16-18H,6-15H2,1-5H3/q+1. The summed E-state index contributed by atoms with van der Waals surface area (Å²) in [4.78, 5) is 0. The normalized spacial score (nSPS) is 18.5. The first-order chi connectivity index (χ1) is 9.05. The van der Waals surface area contributed by atoms with Crippen molar-refractivity contribution in [3.63, 3.8) is 0 Å². The number of rotatable bonds is 8.